The Morgan fingerprint density at radius 3 is 2.93 bits per heavy atom. The van der Waals surface area contributed by atoms with Gasteiger partial charge in [0.2, 0.25) is 0 Å². The lowest BCUT2D eigenvalue weighted by molar-refractivity contribution is 0.572. The predicted molar refractivity (Wildman–Crippen MR) is 64.4 cm³/mol. The van der Waals surface area contributed by atoms with E-state index in [-0.39, 0.29) is 0 Å². The van der Waals surface area contributed by atoms with Crippen LogP contribution in [0.15, 0.2) is 0 Å². The van der Waals surface area contributed by atoms with Gasteiger partial charge in [-0.1, -0.05) is 6.92 Å². The van der Waals surface area contributed by atoms with Crippen molar-refractivity contribution in [3.05, 3.63) is 15.6 Å². The molecule has 1 fully saturated rings. The Balaban J connectivity index is 2.25. The zero-order chi connectivity index (χ0) is 10.8. The van der Waals surface area contributed by atoms with Crippen molar-refractivity contribution in [1.82, 2.24) is 15.6 Å². The number of nitrogens with one attached hydrogen (secondary N) is 2. The van der Waals surface area contributed by atoms with E-state index in [2.05, 4.69) is 29.5 Å². The summed E-state index contributed by atoms with van der Waals surface area (Å²) in [4.78, 5) is 6.09. The lowest BCUT2D eigenvalue weighted by Gasteiger charge is -2.13. The second kappa shape index (κ2) is 4.60. The van der Waals surface area contributed by atoms with E-state index in [1.165, 1.54) is 15.6 Å². The predicted octanol–water partition coefficient (Wildman–Crippen LogP) is 1.49. The number of aromatic nitrogens is 1. The summed E-state index contributed by atoms with van der Waals surface area (Å²) in [5.74, 6) is 1.40. The largest absolute Gasteiger partial charge is 0.316 e. The van der Waals surface area contributed by atoms with E-state index in [9.17, 15) is 0 Å². The van der Waals surface area contributed by atoms with Crippen molar-refractivity contribution in [3.63, 3.8) is 0 Å². The molecule has 1 aliphatic rings. The molecule has 2 rings (SSSR count). The lowest BCUT2D eigenvalue weighted by atomic mass is 9.95. The van der Waals surface area contributed by atoms with E-state index >= 15 is 0 Å². The molecule has 3 nitrogen and oxygen atoms in total. The molecule has 2 atom stereocenters. The minimum atomic E-state index is 0.666. The molecule has 4 heteroatoms. The lowest BCUT2D eigenvalue weighted by Crippen LogP contribution is -2.12. The molecule has 1 aliphatic heterocycles. The second-order valence-corrected chi connectivity index (χ2v) is 5.55. The minimum Gasteiger partial charge on any atom is -0.316 e. The van der Waals surface area contributed by atoms with Gasteiger partial charge in [0.1, 0.15) is 0 Å². The molecule has 0 spiro atoms. The van der Waals surface area contributed by atoms with Crippen molar-refractivity contribution in [1.29, 1.82) is 0 Å². The summed E-state index contributed by atoms with van der Waals surface area (Å²) in [5.41, 5.74) is 1.25. The molecule has 0 amide bonds. The molecule has 0 bridgehead atoms. The first-order chi connectivity index (χ1) is 7.22. The first-order valence-electron chi connectivity index (χ1n) is 5.54. The first kappa shape index (κ1) is 11.0. The fourth-order valence-electron chi connectivity index (χ4n) is 2.23. The molecule has 0 aliphatic carbocycles. The SMILES string of the molecule is CNCc1nc(C)sc1C1CNCC1C. The van der Waals surface area contributed by atoms with Crippen molar-refractivity contribution in [2.45, 2.75) is 26.3 Å². The Morgan fingerprint density at radius 2 is 2.33 bits per heavy atom. The van der Waals surface area contributed by atoms with Crippen LogP contribution in [0.2, 0.25) is 0 Å². The molecule has 0 saturated carbocycles. The third-order valence-corrected chi connectivity index (χ3v) is 4.18. The van der Waals surface area contributed by atoms with Gasteiger partial charge < -0.3 is 10.6 Å². The van der Waals surface area contributed by atoms with Crippen molar-refractivity contribution in [2.75, 3.05) is 20.1 Å². The molecule has 1 aromatic rings. The van der Waals surface area contributed by atoms with Crippen LogP contribution in [0, 0.1) is 12.8 Å². The fourth-order valence-corrected chi connectivity index (χ4v) is 3.41. The van der Waals surface area contributed by atoms with Gasteiger partial charge >= 0.3 is 0 Å². The molecule has 2 heterocycles. The van der Waals surface area contributed by atoms with Crippen LogP contribution in [-0.4, -0.2) is 25.1 Å². The maximum atomic E-state index is 4.61. The topological polar surface area (TPSA) is 37.0 Å². The van der Waals surface area contributed by atoms with Crippen molar-refractivity contribution in [3.8, 4) is 0 Å². The summed E-state index contributed by atoms with van der Waals surface area (Å²) in [7, 11) is 1.98. The first-order valence-corrected chi connectivity index (χ1v) is 6.35. The van der Waals surface area contributed by atoms with E-state index in [1.807, 2.05) is 18.4 Å². The molecular formula is C11H19N3S. The van der Waals surface area contributed by atoms with Gasteiger partial charge in [-0.3, -0.25) is 0 Å². The van der Waals surface area contributed by atoms with Crippen molar-refractivity contribution in [2.24, 2.45) is 5.92 Å². The normalized spacial score (nSPS) is 26.1. The molecule has 84 valence electrons. The molecule has 0 radical (unpaired) electrons. The summed E-state index contributed by atoms with van der Waals surface area (Å²) < 4.78 is 0. The van der Waals surface area contributed by atoms with Crippen LogP contribution < -0.4 is 10.6 Å². The average molecular weight is 225 g/mol. The quantitative estimate of drug-likeness (QED) is 0.818. The van der Waals surface area contributed by atoms with Gasteiger partial charge in [-0.2, -0.15) is 0 Å². The monoisotopic (exact) mass is 225 g/mol. The van der Waals surface area contributed by atoms with Gasteiger partial charge in [0.05, 0.1) is 10.7 Å². The number of rotatable bonds is 3. The van der Waals surface area contributed by atoms with Gasteiger partial charge in [-0.05, 0) is 26.4 Å². The van der Waals surface area contributed by atoms with E-state index < -0.39 is 0 Å². The standard InChI is InChI=1S/C11H19N3S/c1-7-4-13-5-9(7)11-10(6-12-3)14-8(2)15-11/h7,9,12-13H,4-6H2,1-3H3. The number of hydrogen-bond acceptors (Lipinski definition) is 4. The molecule has 15 heavy (non-hydrogen) atoms. The Bertz CT molecular complexity index is 335. The van der Waals surface area contributed by atoms with Crippen LogP contribution in [0.25, 0.3) is 0 Å². The summed E-state index contributed by atoms with van der Waals surface area (Å²) in [6, 6.07) is 0. The van der Waals surface area contributed by atoms with E-state index in [4.69, 9.17) is 0 Å². The van der Waals surface area contributed by atoms with Gasteiger partial charge in [-0.15, -0.1) is 11.3 Å². The Morgan fingerprint density at radius 1 is 1.53 bits per heavy atom. The van der Waals surface area contributed by atoms with E-state index in [1.54, 1.807) is 0 Å². The molecule has 1 saturated heterocycles. The van der Waals surface area contributed by atoms with Gasteiger partial charge in [0.25, 0.3) is 0 Å². The average Bonchev–Trinajstić information content (AvgIpc) is 2.73. The zero-order valence-corrected chi connectivity index (χ0v) is 10.4. The minimum absolute atomic E-state index is 0.666. The van der Waals surface area contributed by atoms with Crippen molar-refractivity contribution < 1.29 is 0 Å². The third-order valence-electron chi connectivity index (χ3n) is 3.03. The highest BCUT2D eigenvalue weighted by molar-refractivity contribution is 7.11. The molecule has 1 aromatic heterocycles. The van der Waals surface area contributed by atoms with E-state index in [0.717, 1.165) is 25.6 Å². The van der Waals surface area contributed by atoms with Crippen molar-refractivity contribution >= 4 is 11.3 Å². The summed E-state index contributed by atoms with van der Waals surface area (Å²) in [5, 5.41) is 7.85. The number of nitrogens with zero attached hydrogens (tertiary/aromatic N) is 1. The highest BCUT2D eigenvalue weighted by Gasteiger charge is 2.28. The number of thiazole rings is 1. The van der Waals surface area contributed by atoms with Crippen LogP contribution in [-0.2, 0) is 6.54 Å². The Kier molecular flexibility index (Phi) is 3.38. The zero-order valence-electron chi connectivity index (χ0n) is 9.63. The summed E-state index contributed by atoms with van der Waals surface area (Å²) >= 11 is 1.86. The highest BCUT2D eigenvalue weighted by Crippen LogP contribution is 2.34. The van der Waals surface area contributed by atoms with Crippen LogP contribution in [0.4, 0.5) is 0 Å². The van der Waals surface area contributed by atoms with Gasteiger partial charge in [-0.25, -0.2) is 4.98 Å². The molecule has 0 aromatic carbocycles. The second-order valence-electron chi connectivity index (χ2n) is 4.32. The Labute approximate surface area is 95.3 Å². The highest BCUT2D eigenvalue weighted by atomic mass is 32.1. The third kappa shape index (κ3) is 2.22. The number of aryl methyl sites for hydroxylation is 1. The summed E-state index contributed by atoms with van der Waals surface area (Å²) in [6.07, 6.45) is 0. The molecule has 2 N–H and O–H groups in total. The smallest absolute Gasteiger partial charge is 0.0900 e. The molecular weight excluding hydrogens is 206 g/mol. The van der Waals surface area contributed by atoms with E-state index in [0.29, 0.717) is 5.92 Å². The maximum absolute atomic E-state index is 4.61. The van der Waals surface area contributed by atoms with Crippen LogP contribution in [0.5, 0.6) is 0 Å². The van der Waals surface area contributed by atoms with Gasteiger partial charge in [0, 0.05) is 23.9 Å². The summed E-state index contributed by atoms with van der Waals surface area (Å²) in [6.45, 7) is 7.56. The molecule has 2 unspecified atom stereocenters. The number of hydrogen-bond donors (Lipinski definition) is 2. The Hall–Kier alpha value is -0.450. The van der Waals surface area contributed by atoms with Crippen LogP contribution in [0.1, 0.15) is 28.4 Å². The fraction of sp³-hybridized carbons (Fsp3) is 0.727. The van der Waals surface area contributed by atoms with Gasteiger partial charge in [0.15, 0.2) is 0 Å². The van der Waals surface area contributed by atoms with Crippen LogP contribution in [0.3, 0.4) is 0 Å². The maximum Gasteiger partial charge on any atom is 0.0900 e. The van der Waals surface area contributed by atoms with Crippen LogP contribution >= 0.6 is 11.3 Å².